The molecule has 1 saturated heterocycles. The van der Waals surface area contributed by atoms with Gasteiger partial charge in [0.25, 0.3) is 0 Å². The smallest absolute Gasteiger partial charge is 0.248 e. The molecular weight excluding hydrogens is 472 g/mol. The molecular formula is C32H38N4O2. The van der Waals surface area contributed by atoms with E-state index in [4.69, 9.17) is 5.73 Å². The highest BCUT2D eigenvalue weighted by Gasteiger charge is 2.47. The average Bonchev–Trinajstić information content (AvgIpc) is 3.45. The van der Waals surface area contributed by atoms with Crippen LogP contribution in [0.3, 0.4) is 0 Å². The molecule has 2 unspecified atom stereocenters. The third-order valence-corrected chi connectivity index (χ3v) is 8.96. The molecule has 1 aliphatic carbocycles. The Morgan fingerprint density at radius 1 is 0.947 bits per heavy atom. The first-order valence-corrected chi connectivity index (χ1v) is 14.3. The van der Waals surface area contributed by atoms with Crippen LogP contribution in [0.5, 0.6) is 0 Å². The number of carbonyl (C=O) groups excluding carboxylic acids is 2. The van der Waals surface area contributed by atoms with Gasteiger partial charge in [0.2, 0.25) is 11.8 Å². The molecule has 3 aromatic rings. The molecule has 1 saturated carbocycles. The van der Waals surface area contributed by atoms with E-state index in [1.807, 2.05) is 12.1 Å². The first-order chi connectivity index (χ1) is 18.6. The van der Waals surface area contributed by atoms with Crippen molar-refractivity contribution < 1.29 is 9.59 Å². The van der Waals surface area contributed by atoms with Crippen molar-refractivity contribution in [2.75, 3.05) is 18.0 Å². The van der Waals surface area contributed by atoms with E-state index in [-0.39, 0.29) is 23.9 Å². The second-order valence-corrected chi connectivity index (χ2v) is 11.3. The van der Waals surface area contributed by atoms with Crippen molar-refractivity contribution in [3.05, 3.63) is 77.4 Å². The molecule has 2 aliphatic heterocycles. The van der Waals surface area contributed by atoms with Crippen LogP contribution in [-0.4, -0.2) is 37.0 Å². The van der Waals surface area contributed by atoms with Gasteiger partial charge < -0.3 is 21.3 Å². The van der Waals surface area contributed by atoms with E-state index in [0.29, 0.717) is 18.0 Å². The number of benzene rings is 3. The first-order valence-electron chi connectivity index (χ1n) is 14.3. The number of nitrogens with two attached hydrogens (primary N) is 1. The number of rotatable bonds is 6. The molecule has 3 aliphatic rings. The minimum absolute atomic E-state index is 0.0920. The van der Waals surface area contributed by atoms with Crippen molar-refractivity contribution in [3.8, 4) is 0 Å². The molecule has 0 spiro atoms. The normalized spacial score (nSPS) is 23.8. The molecule has 38 heavy (non-hydrogen) atoms. The van der Waals surface area contributed by atoms with Crippen molar-refractivity contribution in [1.29, 1.82) is 0 Å². The van der Waals surface area contributed by atoms with Crippen LogP contribution < -0.4 is 21.3 Å². The van der Waals surface area contributed by atoms with Gasteiger partial charge >= 0.3 is 0 Å². The highest BCUT2D eigenvalue weighted by Crippen LogP contribution is 2.49. The highest BCUT2D eigenvalue weighted by atomic mass is 16.2. The standard InChI is InChI=1S/C32H38N4O2/c33-31(37)23-14-15-27-28(18-23)36(20-24-12-7-11-21-8-5-6-13-26(21)24)30(32(38)35-25-16-17-34-19-25)29(27)22-9-3-1-2-4-10-22/h5-8,11-15,18,22,25,29-30,34H,1-4,9-10,16-17,19-20H2,(H2,33,37)(H,35,38)/t25-,29?,30?/m1/s1. The number of nitrogens with zero attached hydrogens (tertiary/aromatic N) is 1. The van der Waals surface area contributed by atoms with Gasteiger partial charge in [-0.2, -0.15) is 0 Å². The Bertz CT molecular complexity index is 1320. The fourth-order valence-corrected chi connectivity index (χ4v) is 7.09. The molecule has 0 bridgehead atoms. The van der Waals surface area contributed by atoms with Gasteiger partial charge in [0.05, 0.1) is 0 Å². The van der Waals surface area contributed by atoms with E-state index in [1.165, 1.54) is 47.6 Å². The Kier molecular flexibility index (Phi) is 7.07. The molecule has 6 rings (SSSR count). The number of carbonyl (C=O) groups is 2. The predicted molar refractivity (Wildman–Crippen MR) is 152 cm³/mol. The molecule has 0 radical (unpaired) electrons. The largest absolute Gasteiger partial charge is 0.366 e. The maximum Gasteiger partial charge on any atom is 0.248 e. The topological polar surface area (TPSA) is 87.5 Å². The summed E-state index contributed by atoms with van der Waals surface area (Å²) in [6, 6.07) is 20.5. The molecule has 3 atom stereocenters. The summed E-state index contributed by atoms with van der Waals surface area (Å²) < 4.78 is 0. The minimum atomic E-state index is -0.436. The number of hydrogen-bond acceptors (Lipinski definition) is 4. The SMILES string of the molecule is NC(=O)c1ccc2c(c1)N(Cc1cccc3ccccc13)C(C(=O)N[C@@H]1CCNC1)C2C1CCCCCC1. The maximum atomic E-state index is 14.2. The van der Waals surface area contributed by atoms with Crippen molar-refractivity contribution in [2.24, 2.45) is 11.7 Å². The van der Waals surface area contributed by atoms with Gasteiger partial charge in [0.15, 0.2) is 0 Å². The molecule has 3 aromatic carbocycles. The van der Waals surface area contributed by atoms with E-state index in [0.717, 1.165) is 38.0 Å². The van der Waals surface area contributed by atoms with E-state index >= 15 is 0 Å². The summed E-state index contributed by atoms with van der Waals surface area (Å²) in [6.45, 7) is 2.35. The third kappa shape index (κ3) is 4.78. The lowest BCUT2D eigenvalue weighted by atomic mass is 9.78. The fourth-order valence-electron chi connectivity index (χ4n) is 7.09. The predicted octanol–water partition coefficient (Wildman–Crippen LogP) is 4.86. The zero-order valence-corrected chi connectivity index (χ0v) is 22.0. The average molecular weight is 511 g/mol. The maximum absolute atomic E-state index is 14.2. The van der Waals surface area contributed by atoms with Gasteiger partial charge in [-0.1, -0.05) is 74.2 Å². The van der Waals surface area contributed by atoms with Gasteiger partial charge in [0, 0.05) is 36.3 Å². The van der Waals surface area contributed by atoms with Crippen LogP contribution >= 0.6 is 0 Å². The van der Waals surface area contributed by atoms with Gasteiger partial charge in [-0.15, -0.1) is 0 Å². The highest BCUT2D eigenvalue weighted by molar-refractivity contribution is 5.96. The molecule has 6 nitrogen and oxygen atoms in total. The number of fused-ring (bicyclic) bond motifs is 2. The summed E-state index contributed by atoms with van der Waals surface area (Å²) in [7, 11) is 0. The minimum Gasteiger partial charge on any atom is -0.366 e. The Morgan fingerprint density at radius 2 is 1.74 bits per heavy atom. The number of hydrogen-bond donors (Lipinski definition) is 3. The third-order valence-electron chi connectivity index (χ3n) is 8.96. The van der Waals surface area contributed by atoms with Crippen LogP contribution in [0, 0.1) is 5.92 Å². The summed E-state index contributed by atoms with van der Waals surface area (Å²) in [6.07, 6.45) is 8.17. The molecule has 2 heterocycles. The van der Waals surface area contributed by atoms with Crippen molar-refractivity contribution in [3.63, 3.8) is 0 Å². The number of anilines is 1. The lowest BCUT2D eigenvalue weighted by molar-refractivity contribution is -0.123. The lowest BCUT2D eigenvalue weighted by Crippen LogP contribution is -2.51. The summed E-state index contributed by atoms with van der Waals surface area (Å²) >= 11 is 0. The summed E-state index contributed by atoms with van der Waals surface area (Å²) in [5.74, 6) is 0.193. The van der Waals surface area contributed by atoms with E-state index < -0.39 is 5.91 Å². The molecule has 2 fully saturated rings. The Balaban J connectivity index is 1.46. The number of amides is 2. The monoisotopic (exact) mass is 510 g/mol. The summed E-state index contributed by atoms with van der Waals surface area (Å²) in [5.41, 5.74) is 9.58. The quantitative estimate of drug-likeness (QED) is 0.414. The van der Waals surface area contributed by atoms with E-state index in [2.05, 4.69) is 64.1 Å². The lowest BCUT2D eigenvalue weighted by Gasteiger charge is -2.34. The van der Waals surface area contributed by atoms with Crippen LogP contribution in [-0.2, 0) is 11.3 Å². The van der Waals surface area contributed by atoms with Gasteiger partial charge in [0.1, 0.15) is 6.04 Å². The van der Waals surface area contributed by atoms with Crippen LogP contribution in [0.2, 0.25) is 0 Å². The van der Waals surface area contributed by atoms with E-state index in [9.17, 15) is 9.59 Å². The molecule has 2 amide bonds. The number of primary amides is 1. The summed E-state index contributed by atoms with van der Waals surface area (Å²) in [4.78, 5) is 28.7. The van der Waals surface area contributed by atoms with Gasteiger partial charge in [-0.3, -0.25) is 9.59 Å². The summed E-state index contributed by atoms with van der Waals surface area (Å²) in [5, 5.41) is 9.16. The second kappa shape index (κ2) is 10.8. The van der Waals surface area contributed by atoms with Crippen LogP contribution in [0.1, 0.15) is 72.3 Å². The Hall–Kier alpha value is -3.38. The second-order valence-electron chi connectivity index (χ2n) is 11.3. The van der Waals surface area contributed by atoms with Crippen molar-refractivity contribution >= 4 is 28.3 Å². The molecule has 6 heteroatoms. The van der Waals surface area contributed by atoms with E-state index in [1.54, 1.807) is 0 Å². The fraction of sp³-hybridized carbons (Fsp3) is 0.438. The van der Waals surface area contributed by atoms with Gasteiger partial charge in [-0.05, 0) is 65.8 Å². The molecule has 0 aromatic heterocycles. The number of nitrogens with one attached hydrogen (secondary N) is 2. The van der Waals surface area contributed by atoms with Crippen molar-refractivity contribution in [2.45, 2.75) is 69.5 Å². The zero-order chi connectivity index (χ0) is 26.1. The van der Waals surface area contributed by atoms with Gasteiger partial charge in [-0.25, -0.2) is 0 Å². The Labute approximate surface area is 225 Å². The van der Waals surface area contributed by atoms with Crippen LogP contribution in [0.4, 0.5) is 5.69 Å². The Morgan fingerprint density at radius 3 is 2.50 bits per heavy atom. The zero-order valence-electron chi connectivity index (χ0n) is 22.0. The van der Waals surface area contributed by atoms with Crippen LogP contribution in [0.25, 0.3) is 10.8 Å². The van der Waals surface area contributed by atoms with Crippen LogP contribution in [0.15, 0.2) is 60.7 Å². The first kappa shape index (κ1) is 24.9. The molecule has 4 N–H and O–H groups in total. The van der Waals surface area contributed by atoms with Crippen molar-refractivity contribution in [1.82, 2.24) is 10.6 Å². The molecule has 198 valence electrons.